The molecule has 0 amide bonds. The minimum Gasteiger partial charge on any atom is -0.469 e. The maximum Gasteiger partial charge on any atom is 0.209 e. The molecule has 0 spiro atoms. The summed E-state index contributed by atoms with van der Waals surface area (Å²) < 4.78 is 30.3. The molecule has 1 rings (SSSR count). The Bertz CT molecular complexity index is 556. The molecule has 1 heterocycles. The van der Waals surface area contributed by atoms with Crippen LogP contribution in [0.1, 0.15) is 19.6 Å². The molecule has 0 radical (unpaired) electrons. The summed E-state index contributed by atoms with van der Waals surface area (Å²) in [6.07, 6.45) is 3.53. The van der Waals surface area contributed by atoms with Crippen LogP contribution in [0.25, 0.3) is 0 Å². The SMILES string of the molecule is CN=C(NCCc1ccco1)NCC(C)(C)NS(C)(=O)=O.I. The Balaban J connectivity index is 0.00000441. The van der Waals surface area contributed by atoms with Gasteiger partial charge >= 0.3 is 0 Å². The first-order valence-corrected chi connectivity index (χ1v) is 8.57. The van der Waals surface area contributed by atoms with Gasteiger partial charge in [0, 0.05) is 32.1 Å². The summed E-state index contributed by atoms with van der Waals surface area (Å²) >= 11 is 0. The second-order valence-corrected chi connectivity index (χ2v) is 7.19. The number of rotatable bonds is 7. The van der Waals surface area contributed by atoms with Crippen molar-refractivity contribution in [3.63, 3.8) is 0 Å². The van der Waals surface area contributed by atoms with Gasteiger partial charge in [-0.25, -0.2) is 13.1 Å². The molecular formula is C13H25IN4O3S. The molecule has 128 valence electrons. The van der Waals surface area contributed by atoms with E-state index < -0.39 is 15.6 Å². The van der Waals surface area contributed by atoms with E-state index in [4.69, 9.17) is 4.42 Å². The van der Waals surface area contributed by atoms with Crippen molar-refractivity contribution in [2.75, 3.05) is 26.4 Å². The lowest BCUT2D eigenvalue weighted by Crippen LogP contribution is -2.53. The van der Waals surface area contributed by atoms with E-state index in [2.05, 4.69) is 20.3 Å². The van der Waals surface area contributed by atoms with Gasteiger partial charge in [0.25, 0.3) is 0 Å². The molecule has 9 heteroatoms. The van der Waals surface area contributed by atoms with Crippen LogP contribution in [0.15, 0.2) is 27.8 Å². The van der Waals surface area contributed by atoms with Crippen molar-refractivity contribution in [3.8, 4) is 0 Å². The molecule has 0 aliphatic rings. The third kappa shape index (κ3) is 9.26. The smallest absolute Gasteiger partial charge is 0.209 e. The van der Waals surface area contributed by atoms with Crippen LogP contribution in [0.5, 0.6) is 0 Å². The molecular weight excluding hydrogens is 419 g/mol. The summed E-state index contributed by atoms with van der Waals surface area (Å²) in [6.45, 7) is 4.70. The van der Waals surface area contributed by atoms with E-state index in [1.807, 2.05) is 12.1 Å². The van der Waals surface area contributed by atoms with Crippen molar-refractivity contribution >= 4 is 40.0 Å². The van der Waals surface area contributed by atoms with Crippen LogP contribution in [0, 0.1) is 0 Å². The number of guanidine groups is 1. The fourth-order valence-electron chi connectivity index (χ4n) is 1.82. The topological polar surface area (TPSA) is 95.7 Å². The van der Waals surface area contributed by atoms with Gasteiger partial charge < -0.3 is 15.1 Å². The summed E-state index contributed by atoms with van der Waals surface area (Å²) in [5.74, 6) is 1.52. The molecule has 1 aromatic rings. The average Bonchev–Trinajstić information content (AvgIpc) is 2.83. The number of furan rings is 1. The van der Waals surface area contributed by atoms with Gasteiger partial charge in [0.1, 0.15) is 5.76 Å². The molecule has 1 aromatic heterocycles. The van der Waals surface area contributed by atoms with Crippen LogP contribution in [-0.2, 0) is 16.4 Å². The fraction of sp³-hybridized carbons (Fsp3) is 0.615. The number of aliphatic imine (C=N–C) groups is 1. The standard InChI is InChI=1S/C13H24N4O3S.HI/c1-13(2,17-21(4,18)19)10-16-12(14-3)15-8-7-11-6-5-9-20-11;/h5-6,9,17H,7-8,10H2,1-4H3,(H2,14,15,16);1H. The van der Waals surface area contributed by atoms with Crippen molar-refractivity contribution in [1.82, 2.24) is 15.4 Å². The summed E-state index contributed by atoms with van der Waals surface area (Å²) in [7, 11) is -1.58. The number of sulfonamides is 1. The molecule has 0 unspecified atom stereocenters. The highest BCUT2D eigenvalue weighted by Crippen LogP contribution is 2.02. The number of hydrogen-bond acceptors (Lipinski definition) is 4. The molecule has 7 nitrogen and oxygen atoms in total. The predicted molar refractivity (Wildman–Crippen MR) is 99.2 cm³/mol. The van der Waals surface area contributed by atoms with Crippen molar-refractivity contribution < 1.29 is 12.8 Å². The Morgan fingerprint density at radius 3 is 2.55 bits per heavy atom. The molecule has 0 aliphatic carbocycles. The molecule has 0 bridgehead atoms. The first-order chi connectivity index (χ1) is 9.72. The lowest BCUT2D eigenvalue weighted by atomic mass is 10.1. The largest absolute Gasteiger partial charge is 0.469 e. The van der Waals surface area contributed by atoms with Crippen LogP contribution in [-0.4, -0.2) is 46.3 Å². The van der Waals surface area contributed by atoms with Gasteiger partial charge in [0.05, 0.1) is 12.5 Å². The third-order valence-corrected chi connectivity index (χ3v) is 3.55. The minimum absolute atomic E-state index is 0. The Morgan fingerprint density at radius 1 is 1.36 bits per heavy atom. The second-order valence-electron chi connectivity index (χ2n) is 5.44. The Morgan fingerprint density at radius 2 is 2.05 bits per heavy atom. The summed E-state index contributed by atoms with van der Waals surface area (Å²) in [6, 6.07) is 3.76. The number of nitrogens with one attached hydrogen (secondary N) is 3. The quantitative estimate of drug-likeness (QED) is 0.331. The molecule has 0 saturated carbocycles. The molecule has 0 aliphatic heterocycles. The van der Waals surface area contributed by atoms with Crippen molar-refractivity contribution in [3.05, 3.63) is 24.2 Å². The predicted octanol–water partition coefficient (Wildman–Crippen LogP) is 0.933. The maximum absolute atomic E-state index is 11.3. The van der Waals surface area contributed by atoms with Crippen LogP contribution >= 0.6 is 24.0 Å². The number of hydrogen-bond donors (Lipinski definition) is 3. The van der Waals surface area contributed by atoms with Gasteiger partial charge in [0.2, 0.25) is 10.0 Å². The van der Waals surface area contributed by atoms with E-state index in [1.54, 1.807) is 27.2 Å². The van der Waals surface area contributed by atoms with E-state index >= 15 is 0 Å². The minimum atomic E-state index is -3.25. The fourth-order valence-corrected chi connectivity index (χ4v) is 2.90. The van der Waals surface area contributed by atoms with Gasteiger partial charge in [-0.1, -0.05) is 0 Å². The lowest BCUT2D eigenvalue weighted by Gasteiger charge is -2.26. The van der Waals surface area contributed by atoms with Gasteiger partial charge in [-0.15, -0.1) is 24.0 Å². The van der Waals surface area contributed by atoms with Gasteiger partial charge in [-0.3, -0.25) is 4.99 Å². The molecule has 0 saturated heterocycles. The first kappa shape index (κ1) is 21.2. The number of halogens is 1. The highest BCUT2D eigenvalue weighted by atomic mass is 127. The van der Waals surface area contributed by atoms with Crippen LogP contribution < -0.4 is 15.4 Å². The monoisotopic (exact) mass is 444 g/mol. The van der Waals surface area contributed by atoms with E-state index in [0.717, 1.165) is 18.4 Å². The highest BCUT2D eigenvalue weighted by molar-refractivity contribution is 14.0. The van der Waals surface area contributed by atoms with Gasteiger partial charge in [-0.05, 0) is 26.0 Å². The second kappa shape index (κ2) is 9.36. The zero-order valence-electron chi connectivity index (χ0n) is 13.3. The normalized spacial score (nSPS) is 12.6. The van der Waals surface area contributed by atoms with Crippen LogP contribution in [0.2, 0.25) is 0 Å². The Labute approximate surface area is 149 Å². The first-order valence-electron chi connectivity index (χ1n) is 6.68. The Kier molecular flexibility index (Phi) is 9.01. The summed E-state index contributed by atoms with van der Waals surface area (Å²) in [5, 5.41) is 6.24. The van der Waals surface area contributed by atoms with E-state index in [1.165, 1.54) is 0 Å². The van der Waals surface area contributed by atoms with Crippen molar-refractivity contribution in [2.24, 2.45) is 4.99 Å². The Hall–Kier alpha value is -0.810. The summed E-state index contributed by atoms with van der Waals surface area (Å²) in [4.78, 5) is 4.09. The molecule has 0 atom stereocenters. The summed E-state index contributed by atoms with van der Waals surface area (Å²) in [5.41, 5.74) is -0.605. The molecule has 0 aromatic carbocycles. The van der Waals surface area contributed by atoms with Gasteiger partial charge in [0.15, 0.2) is 5.96 Å². The molecule has 22 heavy (non-hydrogen) atoms. The zero-order valence-corrected chi connectivity index (χ0v) is 16.5. The lowest BCUT2D eigenvalue weighted by molar-refractivity contribution is 0.446. The van der Waals surface area contributed by atoms with Crippen molar-refractivity contribution in [1.29, 1.82) is 0 Å². The third-order valence-electron chi connectivity index (χ3n) is 2.63. The number of nitrogens with zero attached hydrogens (tertiary/aromatic N) is 1. The maximum atomic E-state index is 11.3. The highest BCUT2D eigenvalue weighted by Gasteiger charge is 2.22. The van der Waals surface area contributed by atoms with Crippen molar-refractivity contribution in [2.45, 2.75) is 25.8 Å². The molecule has 3 N–H and O–H groups in total. The van der Waals surface area contributed by atoms with Crippen LogP contribution in [0.4, 0.5) is 0 Å². The van der Waals surface area contributed by atoms with Gasteiger partial charge in [-0.2, -0.15) is 0 Å². The van der Waals surface area contributed by atoms with E-state index in [-0.39, 0.29) is 24.0 Å². The van der Waals surface area contributed by atoms with E-state index in [9.17, 15) is 8.42 Å². The molecule has 0 fully saturated rings. The van der Waals surface area contributed by atoms with E-state index in [0.29, 0.717) is 19.0 Å². The van der Waals surface area contributed by atoms with Crippen LogP contribution in [0.3, 0.4) is 0 Å². The average molecular weight is 444 g/mol. The zero-order chi connectivity index (χ0) is 15.9.